The Hall–Kier alpha value is -1.55. The van der Waals surface area contributed by atoms with Crippen molar-refractivity contribution >= 4 is 33.0 Å². The average molecular weight is 206 g/mol. The molecule has 1 amide bonds. The number of nitrogen functional groups attached to an aromatic ring is 1. The topological polar surface area (TPSA) is 55.1 Å². The van der Waals surface area contributed by atoms with E-state index in [9.17, 15) is 4.79 Å². The van der Waals surface area contributed by atoms with Gasteiger partial charge in [-0.3, -0.25) is 4.79 Å². The summed E-state index contributed by atoms with van der Waals surface area (Å²) in [4.78, 5) is 11.5. The van der Waals surface area contributed by atoms with Gasteiger partial charge in [-0.05, 0) is 12.1 Å². The van der Waals surface area contributed by atoms with E-state index in [1.807, 2.05) is 23.6 Å². The Labute approximate surface area is 85.5 Å². The fraction of sp³-hybridized carbons (Fsp3) is 0.100. The summed E-state index contributed by atoms with van der Waals surface area (Å²) in [5, 5.41) is 5.29. The zero-order chi connectivity index (χ0) is 10.1. The molecule has 0 atom stereocenters. The average Bonchev–Trinajstić information content (AvgIpc) is 2.62. The van der Waals surface area contributed by atoms with E-state index in [4.69, 9.17) is 5.73 Å². The normalized spacial score (nSPS) is 10.4. The SMILES string of the molecule is CNC(=O)c1csc2cccc(N)c12. The first-order valence-electron chi connectivity index (χ1n) is 4.22. The van der Waals surface area contributed by atoms with Crippen molar-refractivity contribution in [3.63, 3.8) is 0 Å². The van der Waals surface area contributed by atoms with E-state index in [0.29, 0.717) is 11.3 Å². The molecule has 72 valence electrons. The molecule has 0 spiro atoms. The van der Waals surface area contributed by atoms with Gasteiger partial charge >= 0.3 is 0 Å². The standard InChI is InChI=1S/C10H10N2OS/c1-12-10(13)6-5-14-8-4-2-3-7(11)9(6)8/h2-5H,11H2,1H3,(H,12,13). The second-order valence-corrected chi connectivity index (χ2v) is 3.86. The van der Waals surface area contributed by atoms with Crippen LogP contribution in [0.4, 0.5) is 5.69 Å². The van der Waals surface area contributed by atoms with E-state index >= 15 is 0 Å². The van der Waals surface area contributed by atoms with Crippen LogP contribution in [0.2, 0.25) is 0 Å². The Morgan fingerprint density at radius 2 is 2.29 bits per heavy atom. The largest absolute Gasteiger partial charge is 0.398 e. The number of nitrogens with one attached hydrogen (secondary N) is 1. The van der Waals surface area contributed by atoms with Gasteiger partial charge in [-0.2, -0.15) is 0 Å². The lowest BCUT2D eigenvalue weighted by atomic mass is 10.1. The van der Waals surface area contributed by atoms with Crippen LogP contribution in [0.25, 0.3) is 10.1 Å². The Morgan fingerprint density at radius 3 is 3.00 bits per heavy atom. The third kappa shape index (κ3) is 1.24. The van der Waals surface area contributed by atoms with Crippen LogP contribution in [-0.2, 0) is 0 Å². The minimum absolute atomic E-state index is 0.0888. The maximum absolute atomic E-state index is 11.5. The van der Waals surface area contributed by atoms with Gasteiger partial charge in [-0.1, -0.05) is 6.07 Å². The van der Waals surface area contributed by atoms with Crippen LogP contribution < -0.4 is 11.1 Å². The first-order valence-corrected chi connectivity index (χ1v) is 5.09. The fourth-order valence-electron chi connectivity index (χ4n) is 1.42. The molecule has 2 rings (SSSR count). The summed E-state index contributed by atoms with van der Waals surface area (Å²) in [5.41, 5.74) is 7.13. The van der Waals surface area contributed by atoms with E-state index in [1.165, 1.54) is 11.3 Å². The molecule has 0 fully saturated rings. The Balaban J connectivity index is 2.73. The summed E-state index contributed by atoms with van der Waals surface area (Å²) < 4.78 is 1.05. The van der Waals surface area contributed by atoms with Crippen molar-refractivity contribution in [1.29, 1.82) is 0 Å². The third-order valence-corrected chi connectivity index (χ3v) is 3.05. The minimum atomic E-state index is -0.0888. The van der Waals surface area contributed by atoms with Crippen LogP contribution in [-0.4, -0.2) is 13.0 Å². The predicted molar refractivity (Wildman–Crippen MR) is 59.6 cm³/mol. The highest BCUT2D eigenvalue weighted by Crippen LogP contribution is 2.30. The van der Waals surface area contributed by atoms with Crippen LogP contribution in [0, 0.1) is 0 Å². The minimum Gasteiger partial charge on any atom is -0.398 e. The molecule has 0 bridgehead atoms. The van der Waals surface area contributed by atoms with Crippen LogP contribution >= 0.6 is 11.3 Å². The van der Waals surface area contributed by atoms with Crippen LogP contribution in [0.3, 0.4) is 0 Å². The smallest absolute Gasteiger partial charge is 0.252 e. The summed E-state index contributed by atoms with van der Waals surface area (Å²) in [7, 11) is 1.62. The van der Waals surface area contributed by atoms with Gasteiger partial charge in [0, 0.05) is 28.2 Å². The molecule has 2 aromatic rings. The molecule has 14 heavy (non-hydrogen) atoms. The van der Waals surface area contributed by atoms with Crippen molar-refractivity contribution < 1.29 is 4.79 Å². The number of fused-ring (bicyclic) bond motifs is 1. The molecule has 4 heteroatoms. The number of amides is 1. The van der Waals surface area contributed by atoms with Gasteiger partial charge in [0.05, 0.1) is 5.56 Å². The molecule has 1 aromatic heterocycles. The molecule has 0 aliphatic rings. The van der Waals surface area contributed by atoms with Crippen LogP contribution in [0.15, 0.2) is 23.6 Å². The lowest BCUT2D eigenvalue weighted by Gasteiger charge is -2.00. The van der Waals surface area contributed by atoms with Crippen molar-refractivity contribution in [3.05, 3.63) is 29.1 Å². The lowest BCUT2D eigenvalue weighted by molar-refractivity contribution is 0.0965. The first-order chi connectivity index (χ1) is 6.74. The summed E-state index contributed by atoms with van der Waals surface area (Å²) in [6, 6.07) is 5.66. The van der Waals surface area contributed by atoms with Crippen molar-refractivity contribution in [3.8, 4) is 0 Å². The van der Waals surface area contributed by atoms with Gasteiger partial charge in [0.1, 0.15) is 0 Å². The van der Waals surface area contributed by atoms with E-state index < -0.39 is 0 Å². The van der Waals surface area contributed by atoms with Gasteiger partial charge in [0.25, 0.3) is 5.91 Å². The highest BCUT2D eigenvalue weighted by molar-refractivity contribution is 7.17. The van der Waals surface area contributed by atoms with E-state index in [1.54, 1.807) is 7.05 Å². The quantitative estimate of drug-likeness (QED) is 0.699. The molecule has 0 radical (unpaired) electrons. The fourth-order valence-corrected chi connectivity index (χ4v) is 2.39. The Bertz CT molecular complexity index is 490. The maximum Gasteiger partial charge on any atom is 0.252 e. The highest BCUT2D eigenvalue weighted by Gasteiger charge is 2.12. The molecule has 1 heterocycles. The number of hydrogen-bond acceptors (Lipinski definition) is 3. The number of carbonyl (C=O) groups is 1. The molecular weight excluding hydrogens is 196 g/mol. The number of benzene rings is 1. The number of hydrogen-bond donors (Lipinski definition) is 2. The lowest BCUT2D eigenvalue weighted by Crippen LogP contribution is -2.17. The van der Waals surface area contributed by atoms with Crippen LogP contribution in [0.5, 0.6) is 0 Å². The Morgan fingerprint density at radius 1 is 1.50 bits per heavy atom. The molecule has 0 aliphatic carbocycles. The number of carbonyl (C=O) groups excluding carboxylic acids is 1. The van der Waals surface area contributed by atoms with E-state index in [0.717, 1.165) is 10.1 Å². The number of thiophene rings is 1. The van der Waals surface area contributed by atoms with Crippen molar-refractivity contribution in [2.45, 2.75) is 0 Å². The van der Waals surface area contributed by atoms with Gasteiger partial charge in [-0.25, -0.2) is 0 Å². The van der Waals surface area contributed by atoms with Crippen molar-refractivity contribution in [2.75, 3.05) is 12.8 Å². The molecule has 0 saturated carbocycles. The van der Waals surface area contributed by atoms with Crippen molar-refractivity contribution in [1.82, 2.24) is 5.32 Å². The predicted octanol–water partition coefficient (Wildman–Crippen LogP) is 1.84. The zero-order valence-corrected chi connectivity index (χ0v) is 8.52. The molecule has 0 saturated heterocycles. The third-order valence-electron chi connectivity index (χ3n) is 2.10. The first kappa shape index (κ1) is 9.02. The summed E-state index contributed by atoms with van der Waals surface area (Å²) >= 11 is 1.53. The molecule has 3 N–H and O–H groups in total. The van der Waals surface area contributed by atoms with Gasteiger partial charge in [0.15, 0.2) is 0 Å². The number of nitrogens with two attached hydrogens (primary N) is 1. The molecule has 0 unspecified atom stereocenters. The summed E-state index contributed by atoms with van der Waals surface area (Å²) in [5.74, 6) is -0.0888. The molecule has 1 aromatic carbocycles. The summed E-state index contributed by atoms with van der Waals surface area (Å²) in [6.07, 6.45) is 0. The second-order valence-electron chi connectivity index (χ2n) is 2.95. The number of anilines is 1. The maximum atomic E-state index is 11.5. The summed E-state index contributed by atoms with van der Waals surface area (Å²) in [6.45, 7) is 0. The Kier molecular flexibility index (Phi) is 2.13. The highest BCUT2D eigenvalue weighted by atomic mass is 32.1. The van der Waals surface area contributed by atoms with E-state index in [-0.39, 0.29) is 5.91 Å². The zero-order valence-electron chi connectivity index (χ0n) is 7.70. The van der Waals surface area contributed by atoms with Gasteiger partial charge < -0.3 is 11.1 Å². The molecule has 3 nitrogen and oxygen atoms in total. The van der Waals surface area contributed by atoms with Crippen LogP contribution in [0.1, 0.15) is 10.4 Å². The monoisotopic (exact) mass is 206 g/mol. The molecule has 0 aliphatic heterocycles. The second kappa shape index (κ2) is 3.31. The van der Waals surface area contributed by atoms with Gasteiger partial charge in [0.2, 0.25) is 0 Å². The van der Waals surface area contributed by atoms with Crippen molar-refractivity contribution in [2.24, 2.45) is 0 Å². The number of rotatable bonds is 1. The molecular formula is C10H10N2OS. The van der Waals surface area contributed by atoms with E-state index in [2.05, 4.69) is 5.32 Å². The van der Waals surface area contributed by atoms with Gasteiger partial charge in [-0.15, -0.1) is 11.3 Å².